The summed E-state index contributed by atoms with van der Waals surface area (Å²) < 4.78 is 11.4. The summed E-state index contributed by atoms with van der Waals surface area (Å²) >= 11 is 0. The number of aromatic nitrogens is 2. The Balaban J connectivity index is 1.46. The third-order valence-electron chi connectivity index (χ3n) is 7.03. The van der Waals surface area contributed by atoms with Crippen molar-refractivity contribution in [1.29, 1.82) is 0 Å². The topological polar surface area (TPSA) is 97.6 Å². The highest BCUT2D eigenvalue weighted by atomic mass is 16.5. The van der Waals surface area contributed by atoms with Crippen molar-refractivity contribution in [1.82, 2.24) is 20.2 Å². The second kappa shape index (κ2) is 12.6. The van der Waals surface area contributed by atoms with Crippen molar-refractivity contribution in [2.24, 2.45) is 5.92 Å². The molecule has 3 heterocycles. The van der Waals surface area contributed by atoms with Crippen molar-refractivity contribution in [2.75, 3.05) is 27.2 Å². The van der Waals surface area contributed by atoms with E-state index in [-0.39, 0.29) is 17.9 Å². The van der Waals surface area contributed by atoms with E-state index in [4.69, 9.17) is 9.15 Å². The zero-order valence-electron chi connectivity index (χ0n) is 21.9. The number of methoxy groups -OCH3 is 1. The first-order valence-corrected chi connectivity index (χ1v) is 13.1. The molecule has 0 unspecified atom stereocenters. The molecular weight excluding hydrogens is 468 g/mol. The smallest absolute Gasteiger partial charge is 0.228 e. The van der Waals surface area contributed by atoms with Crippen molar-refractivity contribution < 1.29 is 18.7 Å². The number of pyridine rings is 1. The summed E-state index contributed by atoms with van der Waals surface area (Å²) in [6, 6.07) is 11.6. The number of amides is 1. The van der Waals surface area contributed by atoms with Crippen LogP contribution >= 0.6 is 0 Å². The molecule has 37 heavy (non-hydrogen) atoms. The molecule has 0 saturated carbocycles. The molecule has 0 radical (unpaired) electrons. The third kappa shape index (κ3) is 6.63. The molecule has 1 atom stereocenters. The van der Waals surface area contributed by atoms with Crippen molar-refractivity contribution in [3.8, 4) is 28.3 Å². The Labute approximate surface area is 218 Å². The highest BCUT2D eigenvalue weighted by Gasteiger charge is 2.33. The van der Waals surface area contributed by atoms with Crippen molar-refractivity contribution in [2.45, 2.75) is 51.5 Å². The molecule has 1 N–H and O–H groups in total. The van der Waals surface area contributed by atoms with Gasteiger partial charge in [0, 0.05) is 56.4 Å². The van der Waals surface area contributed by atoms with Gasteiger partial charge in [0.15, 0.2) is 5.76 Å². The van der Waals surface area contributed by atoms with Crippen LogP contribution < -0.4 is 10.1 Å². The van der Waals surface area contributed by atoms with E-state index in [9.17, 15) is 9.59 Å². The van der Waals surface area contributed by atoms with Gasteiger partial charge >= 0.3 is 0 Å². The van der Waals surface area contributed by atoms with Gasteiger partial charge in [0.2, 0.25) is 17.7 Å². The van der Waals surface area contributed by atoms with E-state index < -0.39 is 0 Å². The van der Waals surface area contributed by atoms with Crippen LogP contribution in [0.3, 0.4) is 0 Å². The molecule has 1 aromatic carbocycles. The van der Waals surface area contributed by atoms with E-state index in [2.05, 4.69) is 15.3 Å². The monoisotopic (exact) mass is 504 g/mol. The molecule has 8 heteroatoms. The second-order valence-corrected chi connectivity index (χ2v) is 9.54. The van der Waals surface area contributed by atoms with Gasteiger partial charge in [-0.25, -0.2) is 9.97 Å². The molecule has 8 nitrogen and oxygen atoms in total. The largest absolute Gasteiger partial charge is 0.481 e. The van der Waals surface area contributed by atoms with E-state index in [1.165, 1.54) is 0 Å². The summed E-state index contributed by atoms with van der Waals surface area (Å²) in [5, 5.41) is 3.17. The lowest BCUT2D eigenvalue weighted by molar-refractivity contribution is -0.138. The summed E-state index contributed by atoms with van der Waals surface area (Å²) in [4.78, 5) is 35.3. The molecule has 1 fully saturated rings. The standard InChI is InChI=1S/C29H36N4O4/c1-4-24(34)8-6-5-7-9-25(33(2)29(35)23-16-30-17-23)28-32-19-26(37-28)21-12-10-20(11-13-21)22-14-15-27(36-3)31-18-22/h10-15,18-19,23,25,30H,4-9,16-17H2,1-3H3/t25-/m0/s1. The number of ether oxygens (including phenoxy) is 1. The minimum absolute atomic E-state index is 0.00379. The molecule has 1 saturated heterocycles. The fourth-order valence-electron chi connectivity index (χ4n) is 4.47. The van der Waals surface area contributed by atoms with Gasteiger partial charge in [0.1, 0.15) is 11.8 Å². The lowest BCUT2D eigenvalue weighted by Crippen LogP contribution is -2.51. The minimum Gasteiger partial charge on any atom is -0.481 e. The Morgan fingerprint density at radius 2 is 1.76 bits per heavy atom. The van der Waals surface area contributed by atoms with Crippen LogP contribution in [0.4, 0.5) is 0 Å². The number of nitrogens with zero attached hydrogens (tertiary/aromatic N) is 3. The molecule has 0 spiro atoms. The first-order chi connectivity index (χ1) is 18.0. The maximum Gasteiger partial charge on any atom is 0.228 e. The lowest BCUT2D eigenvalue weighted by Gasteiger charge is -2.33. The summed E-state index contributed by atoms with van der Waals surface area (Å²) in [5.74, 6) is 2.21. The highest BCUT2D eigenvalue weighted by molar-refractivity contribution is 5.80. The zero-order chi connectivity index (χ0) is 26.2. The Kier molecular flexibility index (Phi) is 9.06. The van der Waals surface area contributed by atoms with E-state index in [0.717, 1.165) is 42.4 Å². The Morgan fingerprint density at radius 3 is 2.38 bits per heavy atom. The van der Waals surface area contributed by atoms with Crippen molar-refractivity contribution in [3.05, 3.63) is 54.7 Å². The number of Topliss-reactive ketones (excluding diaryl/α,β-unsaturated/α-hetero) is 1. The zero-order valence-corrected chi connectivity index (χ0v) is 21.9. The van der Waals surface area contributed by atoms with Crippen LogP contribution in [0, 0.1) is 5.92 Å². The number of ketones is 1. The first kappa shape index (κ1) is 26.5. The fourth-order valence-corrected chi connectivity index (χ4v) is 4.47. The van der Waals surface area contributed by atoms with Crippen molar-refractivity contribution >= 4 is 11.7 Å². The van der Waals surface area contributed by atoms with E-state index in [0.29, 0.717) is 49.2 Å². The summed E-state index contributed by atoms with van der Waals surface area (Å²) in [6.07, 6.45) is 8.17. The number of nitrogens with one attached hydrogen (secondary N) is 1. The van der Waals surface area contributed by atoms with Crippen LogP contribution in [0.2, 0.25) is 0 Å². The molecule has 196 valence electrons. The number of unbranched alkanes of at least 4 members (excludes halogenated alkanes) is 2. The quantitative estimate of drug-likeness (QED) is 0.325. The van der Waals surface area contributed by atoms with Gasteiger partial charge < -0.3 is 19.4 Å². The maximum atomic E-state index is 13.0. The average Bonchev–Trinajstić information content (AvgIpc) is 3.39. The Morgan fingerprint density at radius 1 is 1.03 bits per heavy atom. The summed E-state index contributed by atoms with van der Waals surface area (Å²) in [5.41, 5.74) is 2.95. The molecule has 3 aromatic rings. The number of rotatable bonds is 13. The predicted molar refractivity (Wildman–Crippen MR) is 142 cm³/mol. The molecular formula is C29H36N4O4. The number of oxazole rings is 1. The SMILES string of the molecule is CCC(=O)CCCCC[C@@H](c1ncc(-c2ccc(-c3ccc(OC)nc3)cc2)o1)N(C)C(=O)C1CNC1. The number of benzene rings is 1. The van der Waals surface area contributed by atoms with Crippen LogP contribution in [0.1, 0.15) is 57.4 Å². The van der Waals surface area contributed by atoms with E-state index in [1.807, 2.05) is 50.4 Å². The number of hydrogen-bond donors (Lipinski definition) is 1. The average molecular weight is 505 g/mol. The van der Waals surface area contributed by atoms with Crippen LogP contribution in [0.5, 0.6) is 5.88 Å². The number of carbonyl (C=O) groups excluding carboxylic acids is 2. The predicted octanol–water partition coefficient (Wildman–Crippen LogP) is 5.06. The lowest BCUT2D eigenvalue weighted by atomic mass is 9.99. The number of carbonyl (C=O) groups is 2. The molecule has 1 aliphatic heterocycles. The van der Waals surface area contributed by atoms with Gasteiger partial charge in [0.05, 0.1) is 19.2 Å². The molecule has 4 rings (SSSR count). The molecule has 1 amide bonds. The Hall–Kier alpha value is -3.52. The highest BCUT2D eigenvalue weighted by Crippen LogP contribution is 2.31. The molecule has 0 aliphatic carbocycles. The van der Waals surface area contributed by atoms with Gasteiger partial charge in [0.25, 0.3) is 0 Å². The van der Waals surface area contributed by atoms with Gasteiger partial charge in [-0.1, -0.05) is 44.0 Å². The molecule has 2 aromatic heterocycles. The van der Waals surface area contributed by atoms with Crippen molar-refractivity contribution in [3.63, 3.8) is 0 Å². The van der Waals surface area contributed by atoms with E-state index >= 15 is 0 Å². The van der Waals surface area contributed by atoms with Gasteiger partial charge in [-0.3, -0.25) is 9.59 Å². The summed E-state index contributed by atoms with van der Waals surface area (Å²) in [7, 11) is 3.44. The van der Waals surface area contributed by atoms with Gasteiger partial charge in [-0.15, -0.1) is 0 Å². The van der Waals surface area contributed by atoms with Crippen LogP contribution in [-0.2, 0) is 9.59 Å². The molecule has 1 aliphatic rings. The first-order valence-electron chi connectivity index (χ1n) is 13.1. The Bertz CT molecular complexity index is 1170. The van der Waals surface area contributed by atoms with Crippen LogP contribution in [0.15, 0.2) is 53.2 Å². The van der Waals surface area contributed by atoms with Gasteiger partial charge in [-0.05, 0) is 24.5 Å². The minimum atomic E-state index is -0.242. The van der Waals surface area contributed by atoms with E-state index in [1.54, 1.807) is 24.4 Å². The summed E-state index contributed by atoms with van der Waals surface area (Å²) in [6.45, 7) is 3.32. The van der Waals surface area contributed by atoms with Crippen LogP contribution in [-0.4, -0.2) is 53.8 Å². The second-order valence-electron chi connectivity index (χ2n) is 9.54. The number of hydrogen-bond acceptors (Lipinski definition) is 7. The maximum absolute atomic E-state index is 13.0. The fraction of sp³-hybridized carbons (Fsp3) is 0.448. The normalized spacial score (nSPS) is 14.1. The third-order valence-corrected chi connectivity index (χ3v) is 7.03. The van der Waals surface area contributed by atoms with Crippen LogP contribution in [0.25, 0.3) is 22.5 Å². The van der Waals surface area contributed by atoms with Gasteiger partial charge in [-0.2, -0.15) is 0 Å². The molecule has 0 bridgehead atoms.